The van der Waals surface area contributed by atoms with Gasteiger partial charge in [0.25, 0.3) is 0 Å². The first kappa shape index (κ1) is 10.4. The molecule has 1 aromatic rings. The van der Waals surface area contributed by atoms with E-state index >= 15 is 0 Å². The number of likely N-dealkylation sites (tertiary alicyclic amines) is 1. The van der Waals surface area contributed by atoms with Gasteiger partial charge in [0.15, 0.2) is 0 Å². The molecule has 1 aliphatic rings. The van der Waals surface area contributed by atoms with Crippen LogP contribution in [0.25, 0.3) is 0 Å². The number of rotatable bonds is 3. The second-order valence-electron chi connectivity index (χ2n) is 4.21. The van der Waals surface area contributed by atoms with Crippen LogP contribution in [-0.4, -0.2) is 36.1 Å². The Hall–Kier alpha value is -1.09. The molecule has 0 aromatic carbocycles. The number of hydrogen-bond acceptors (Lipinski definition) is 3. The standard InChI is InChI=1S/C12H18N2O/c1-10-5-3-7-13-12(10)15-9-11-6-4-8-14(11)2/h3,5,7,11H,4,6,8-9H2,1-2H3/t11-/m1/s1. The molecule has 0 unspecified atom stereocenters. The van der Waals surface area contributed by atoms with E-state index in [1.165, 1.54) is 19.4 Å². The third-order valence-electron chi connectivity index (χ3n) is 3.05. The number of nitrogens with zero attached hydrogens (tertiary/aromatic N) is 2. The number of hydrogen-bond donors (Lipinski definition) is 0. The average Bonchev–Trinajstić information content (AvgIpc) is 2.63. The molecule has 0 radical (unpaired) electrons. The number of aromatic nitrogens is 1. The van der Waals surface area contributed by atoms with Crippen molar-refractivity contribution >= 4 is 0 Å². The van der Waals surface area contributed by atoms with Crippen LogP contribution in [0, 0.1) is 6.92 Å². The van der Waals surface area contributed by atoms with Crippen molar-refractivity contribution in [3.05, 3.63) is 23.9 Å². The maximum absolute atomic E-state index is 5.74. The zero-order chi connectivity index (χ0) is 10.7. The third-order valence-corrected chi connectivity index (χ3v) is 3.05. The third kappa shape index (κ3) is 2.48. The molecule has 1 fully saturated rings. The first-order valence-corrected chi connectivity index (χ1v) is 5.52. The lowest BCUT2D eigenvalue weighted by Crippen LogP contribution is -2.30. The summed E-state index contributed by atoms with van der Waals surface area (Å²) in [6.07, 6.45) is 4.30. The topological polar surface area (TPSA) is 25.4 Å². The second kappa shape index (κ2) is 4.62. The lowest BCUT2D eigenvalue weighted by Gasteiger charge is -2.19. The minimum atomic E-state index is 0.561. The SMILES string of the molecule is Cc1cccnc1OC[C@H]1CCCN1C. The number of ether oxygens (including phenoxy) is 1. The Balaban J connectivity index is 1.90. The quantitative estimate of drug-likeness (QED) is 0.755. The average molecular weight is 206 g/mol. The molecule has 0 saturated carbocycles. The molecule has 15 heavy (non-hydrogen) atoms. The van der Waals surface area contributed by atoms with Crippen LogP contribution in [0.15, 0.2) is 18.3 Å². The van der Waals surface area contributed by atoms with E-state index in [2.05, 4.69) is 16.9 Å². The minimum absolute atomic E-state index is 0.561. The van der Waals surface area contributed by atoms with E-state index in [0.29, 0.717) is 6.04 Å². The Morgan fingerprint density at radius 2 is 2.47 bits per heavy atom. The lowest BCUT2D eigenvalue weighted by atomic mass is 10.2. The molecule has 1 atom stereocenters. The monoisotopic (exact) mass is 206 g/mol. The van der Waals surface area contributed by atoms with E-state index < -0.39 is 0 Å². The Kier molecular flexibility index (Phi) is 3.21. The van der Waals surface area contributed by atoms with Gasteiger partial charge >= 0.3 is 0 Å². The highest BCUT2D eigenvalue weighted by molar-refractivity contribution is 5.23. The molecule has 1 aliphatic heterocycles. The van der Waals surface area contributed by atoms with Gasteiger partial charge in [0.1, 0.15) is 6.61 Å². The van der Waals surface area contributed by atoms with Crippen molar-refractivity contribution in [2.45, 2.75) is 25.8 Å². The predicted molar refractivity (Wildman–Crippen MR) is 60.1 cm³/mol. The van der Waals surface area contributed by atoms with Gasteiger partial charge in [-0.05, 0) is 39.4 Å². The summed E-state index contributed by atoms with van der Waals surface area (Å²) in [5.74, 6) is 0.776. The van der Waals surface area contributed by atoms with Crippen LogP contribution in [0.5, 0.6) is 5.88 Å². The van der Waals surface area contributed by atoms with Crippen LogP contribution in [0.4, 0.5) is 0 Å². The van der Waals surface area contributed by atoms with Crippen LogP contribution >= 0.6 is 0 Å². The van der Waals surface area contributed by atoms with E-state index in [4.69, 9.17) is 4.74 Å². The zero-order valence-corrected chi connectivity index (χ0v) is 9.44. The van der Waals surface area contributed by atoms with Crippen LogP contribution in [0.1, 0.15) is 18.4 Å². The Bertz CT molecular complexity index is 327. The first-order chi connectivity index (χ1) is 7.27. The van der Waals surface area contributed by atoms with E-state index in [9.17, 15) is 0 Å². The molecule has 3 heteroatoms. The summed E-state index contributed by atoms with van der Waals surface area (Å²) in [5, 5.41) is 0. The Morgan fingerprint density at radius 1 is 1.60 bits per heavy atom. The highest BCUT2D eigenvalue weighted by Crippen LogP contribution is 2.17. The maximum Gasteiger partial charge on any atom is 0.216 e. The number of pyridine rings is 1. The fourth-order valence-corrected chi connectivity index (χ4v) is 1.99. The molecule has 2 heterocycles. The summed E-state index contributed by atoms with van der Waals surface area (Å²) in [4.78, 5) is 6.58. The molecule has 82 valence electrons. The molecular formula is C12H18N2O. The smallest absolute Gasteiger partial charge is 0.216 e. The summed E-state index contributed by atoms with van der Waals surface area (Å²) in [6, 6.07) is 4.52. The molecule has 1 aromatic heterocycles. The number of aryl methyl sites for hydroxylation is 1. The summed E-state index contributed by atoms with van der Waals surface area (Å²) in [6.45, 7) is 3.98. The fourth-order valence-electron chi connectivity index (χ4n) is 1.99. The van der Waals surface area contributed by atoms with E-state index in [-0.39, 0.29) is 0 Å². The Labute approximate surface area is 91.1 Å². The predicted octanol–water partition coefficient (Wildman–Crippen LogP) is 1.86. The normalized spacial score (nSPS) is 21.9. The highest BCUT2D eigenvalue weighted by Gasteiger charge is 2.21. The molecule has 0 aliphatic carbocycles. The molecular weight excluding hydrogens is 188 g/mol. The molecule has 1 saturated heterocycles. The molecule has 0 N–H and O–H groups in total. The van der Waals surface area contributed by atoms with Crippen molar-refractivity contribution in [1.29, 1.82) is 0 Å². The number of likely N-dealkylation sites (N-methyl/N-ethyl adjacent to an activating group) is 1. The van der Waals surface area contributed by atoms with Gasteiger partial charge in [-0.2, -0.15) is 0 Å². The van der Waals surface area contributed by atoms with Gasteiger partial charge in [0.2, 0.25) is 5.88 Å². The summed E-state index contributed by atoms with van der Waals surface area (Å²) in [7, 11) is 2.16. The van der Waals surface area contributed by atoms with Crippen LogP contribution in [0.2, 0.25) is 0 Å². The van der Waals surface area contributed by atoms with Gasteiger partial charge in [-0.1, -0.05) is 6.07 Å². The van der Waals surface area contributed by atoms with Gasteiger partial charge in [0, 0.05) is 17.8 Å². The highest BCUT2D eigenvalue weighted by atomic mass is 16.5. The van der Waals surface area contributed by atoms with E-state index in [1.54, 1.807) is 6.20 Å². The van der Waals surface area contributed by atoms with Gasteiger partial charge < -0.3 is 9.64 Å². The minimum Gasteiger partial charge on any atom is -0.476 e. The first-order valence-electron chi connectivity index (χ1n) is 5.52. The van der Waals surface area contributed by atoms with E-state index in [0.717, 1.165) is 18.1 Å². The van der Waals surface area contributed by atoms with Gasteiger partial charge in [-0.3, -0.25) is 0 Å². The van der Waals surface area contributed by atoms with Crippen molar-refractivity contribution < 1.29 is 4.74 Å². The van der Waals surface area contributed by atoms with Crippen molar-refractivity contribution in [3.63, 3.8) is 0 Å². The van der Waals surface area contributed by atoms with Gasteiger partial charge in [-0.25, -0.2) is 4.98 Å². The lowest BCUT2D eigenvalue weighted by molar-refractivity contribution is 0.192. The van der Waals surface area contributed by atoms with Crippen molar-refractivity contribution in [2.24, 2.45) is 0 Å². The summed E-state index contributed by atoms with van der Waals surface area (Å²) < 4.78 is 5.74. The largest absolute Gasteiger partial charge is 0.476 e. The van der Waals surface area contributed by atoms with Crippen LogP contribution in [-0.2, 0) is 0 Å². The van der Waals surface area contributed by atoms with E-state index in [1.807, 2.05) is 19.1 Å². The molecule has 2 rings (SSSR count). The fraction of sp³-hybridized carbons (Fsp3) is 0.583. The zero-order valence-electron chi connectivity index (χ0n) is 9.44. The molecule has 0 amide bonds. The molecule has 0 bridgehead atoms. The Morgan fingerprint density at radius 3 is 3.13 bits per heavy atom. The summed E-state index contributed by atoms with van der Waals surface area (Å²) in [5.41, 5.74) is 1.11. The van der Waals surface area contributed by atoms with Crippen molar-refractivity contribution in [2.75, 3.05) is 20.2 Å². The van der Waals surface area contributed by atoms with Crippen molar-refractivity contribution in [3.8, 4) is 5.88 Å². The van der Waals surface area contributed by atoms with Crippen molar-refractivity contribution in [1.82, 2.24) is 9.88 Å². The summed E-state index contributed by atoms with van der Waals surface area (Å²) >= 11 is 0. The second-order valence-corrected chi connectivity index (χ2v) is 4.21. The maximum atomic E-state index is 5.74. The molecule has 0 spiro atoms. The molecule has 3 nitrogen and oxygen atoms in total. The van der Waals surface area contributed by atoms with Gasteiger partial charge in [0.05, 0.1) is 0 Å². The van der Waals surface area contributed by atoms with Crippen LogP contribution < -0.4 is 4.74 Å². The van der Waals surface area contributed by atoms with Gasteiger partial charge in [-0.15, -0.1) is 0 Å². The van der Waals surface area contributed by atoms with Crippen LogP contribution in [0.3, 0.4) is 0 Å².